The van der Waals surface area contributed by atoms with Crippen LogP contribution in [0.4, 0.5) is 8.78 Å². The van der Waals surface area contributed by atoms with Gasteiger partial charge < -0.3 is 39.6 Å². The number of methoxy groups -OCH3 is 4. The number of hydrogen-bond acceptors (Lipinski definition) is 8. The summed E-state index contributed by atoms with van der Waals surface area (Å²) in [5.74, 6) is 0.678. The van der Waals surface area contributed by atoms with Gasteiger partial charge in [0.2, 0.25) is 5.75 Å². The van der Waals surface area contributed by atoms with Crippen molar-refractivity contribution < 1.29 is 42.1 Å². The molecule has 1 amide bonds. The molecular formula is C21H25F2N3O7. The van der Waals surface area contributed by atoms with Gasteiger partial charge in [0.05, 0.1) is 28.4 Å². The van der Waals surface area contributed by atoms with Crippen LogP contribution in [0.25, 0.3) is 0 Å². The molecule has 0 unspecified atom stereocenters. The minimum atomic E-state index is -3.00. The van der Waals surface area contributed by atoms with Crippen LogP contribution in [-0.2, 0) is 16.2 Å². The number of benzene rings is 2. The molecular weight excluding hydrogens is 444 g/mol. The van der Waals surface area contributed by atoms with Crippen LogP contribution in [0, 0.1) is 0 Å². The second kappa shape index (κ2) is 12.2. The number of carbonyl (C=O) groups is 1. The number of oxime groups is 1. The lowest BCUT2D eigenvalue weighted by Crippen LogP contribution is -2.27. The summed E-state index contributed by atoms with van der Waals surface area (Å²) in [5.41, 5.74) is 6.85. The highest BCUT2D eigenvalue weighted by Gasteiger charge is 2.14. The summed E-state index contributed by atoms with van der Waals surface area (Å²) in [6.07, 6.45) is 0. The number of amidine groups is 1. The second-order valence-electron chi connectivity index (χ2n) is 6.30. The average molecular weight is 469 g/mol. The SMILES string of the molecule is COc1cc(C(N)=NOCC(=O)NCc2cc(OC)c(OC)c(OC)c2)ccc1OC(F)F. The van der Waals surface area contributed by atoms with Gasteiger partial charge in [-0.05, 0) is 35.9 Å². The maximum atomic E-state index is 12.4. The Kier molecular flexibility index (Phi) is 9.33. The van der Waals surface area contributed by atoms with Gasteiger partial charge in [0.15, 0.2) is 35.4 Å². The summed E-state index contributed by atoms with van der Waals surface area (Å²) in [7, 11) is 5.77. The number of carbonyl (C=O) groups excluding carboxylic acids is 1. The van der Waals surface area contributed by atoms with Crippen molar-refractivity contribution in [1.29, 1.82) is 0 Å². The van der Waals surface area contributed by atoms with E-state index in [-0.39, 0.29) is 23.9 Å². The minimum absolute atomic E-state index is 0.0361. The summed E-state index contributed by atoms with van der Waals surface area (Å²) in [4.78, 5) is 17.1. The van der Waals surface area contributed by atoms with E-state index >= 15 is 0 Å². The van der Waals surface area contributed by atoms with E-state index in [0.29, 0.717) is 28.4 Å². The van der Waals surface area contributed by atoms with E-state index < -0.39 is 19.1 Å². The predicted molar refractivity (Wildman–Crippen MR) is 114 cm³/mol. The van der Waals surface area contributed by atoms with E-state index in [9.17, 15) is 13.6 Å². The Morgan fingerprint density at radius 1 is 0.970 bits per heavy atom. The van der Waals surface area contributed by atoms with Crippen LogP contribution < -0.4 is 34.7 Å². The molecule has 0 aromatic heterocycles. The number of hydrogen-bond donors (Lipinski definition) is 2. The fourth-order valence-electron chi connectivity index (χ4n) is 2.72. The molecule has 0 bridgehead atoms. The van der Waals surface area contributed by atoms with Crippen molar-refractivity contribution in [1.82, 2.24) is 5.32 Å². The summed E-state index contributed by atoms with van der Waals surface area (Å²) < 4.78 is 50.0. The molecule has 33 heavy (non-hydrogen) atoms. The minimum Gasteiger partial charge on any atom is -0.493 e. The number of nitrogens with two attached hydrogens (primary N) is 1. The zero-order valence-corrected chi connectivity index (χ0v) is 18.5. The Balaban J connectivity index is 1.95. The van der Waals surface area contributed by atoms with Gasteiger partial charge in [-0.2, -0.15) is 8.78 Å². The number of amides is 1. The van der Waals surface area contributed by atoms with Crippen LogP contribution in [0.2, 0.25) is 0 Å². The third-order valence-electron chi connectivity index (χ3n) is 4.25. The second-order valence-corrected chi connectivity index (χ2v) is 6.30. The normalized spacial score (nSPS) is 11.1. The first-order valence-corrected chi connectivity index (χ1v) is 9.47. The van der Waals surface area contributed by atoms with Crippen LogP contribution >= 0.6 is 0 Å². The van der Waals surface area contributed by atoms with Crippen molar-refractivity contribution >= 4 is 11.7 Å². The van der Waals surface area contributed by atoms with Gasteiger partial charge in [0.1, 0.15) is 0 Å². The van der Waals surface area contributed by atoms with Crippen molar-refractivity contribution in [2.45, 2.75) is 13.2 Å². The number of alkyl halides is 2. The third kappa shape index (κ3) is 7.02. The molecule has 12 heteroatoms. The Labute approximate surface area is 189 Å². The van der Waals surface area contributed by atoms with Crippen molar-refractivity contribution in [2.75, 3.05) is 35.0 Å². The Morgan fingerprint density at radius 3 is 2.15 bits per heavy atom. The summed E-state index contributed by atoms with van der Waals surface area (Å²) >= 11 is 0. The standard InChI is InChI=1S/C21H25F2N3O7/c1-28-15-9-13(5-6-14(15)33-21(22)23)20(24)26-32-11-18(27)25-10-12-7-16(29-2)19(31-4)17(8-12)30-3/h5-9,21H,10-11H2,1-4H3,(H2,24,26)(H,25,27). The zero-order chi connectivity index (χ0) is 24.4. The Bertz CT molecular complexity index is 961. The van der Waals surface area contributed by atoms with Crippen LogP contribution in [0.3, 0.4) is 0 Å². The quantitative estimate of drug-likeness (QED) is 0.276. The van der Waals surface area contributed by atoms with Crippen molar-refractivity contribution in [2.24, 2.45) is 10.9 Å². The van der Waals surface area contributed by atoms with Crippen LogP contribution in [0.15, 0.2) is 35.5 Å². The third-order valence-corrected chi connectivity index (χ3v) is 4.25. The molecule has 2 rings (SSSR count). The van der Waals surface area contributed by atoms with Gasteiger partial charge in [0.25, 0.3) is 5.91 Å². The zero-order valence-electron chi connectivity index (χ0n) is 18.5. The molecule has 0 spiro atoms. The molecule has 0 aliphatic rings. The van der Waals surface area contributed by atoms with Crippen LogP contribution in [0.5, 0.6) is 28.7 Å². The molecule has 0 radical (unpaired) electrons. The summed E-state index contributed by atoms with van der Waals surface area (Å²) in [6.45, 7) is -3.24. The maximum absolute atomic E-state index is 12.4. The molecule has 2 aromatic carbocycles. The van der Waals surface area contributed by atoms with Gasteiger partial charge in [0, 0.05) is 12.1 Å². The maximum Gasteiger partial charge on any atom is 0.387 e. The lowest BCUT2D eigenvalue weighted by Gasteiger charge is -2.14. The molecule has 0 fully saturated rings. The van der Waals surface area contributed by atoms with Crippen molar-refractivity contribution in [3.63, 3.8) is 0 Å². The number of halogens is 2. The number of nitrogens with zero attached hydrogens (tertiary/aromatic N) is 1. The van der Waals surface area contributed by atoms with E-state index in [1.165, 1.54) is 46.6 Å². The van der Waals surface area contributed by atoms with Gasteiger partial charge in [-0.1, -0.05) is 5.16 Å². The van der Waals surface area contributed by atoms with Crippen molar-refractivity contribution in [3.8, 4) is 28.7 Å². The number of rotatable bonds is 12. The topological polar surface area (TPSA) is 123 Å². The summed E-state index contributed by atoms with van der Waals surface area (Å²) in [6, 6.07) is 7.41. The molecule has 10 nitrogen and oxygen atoms in total. The fourth-order valence-corrected chi connectivity index (χ4v) is 2.72. The molecule has 0 aliphatic heterocycles. The predicted octanol–water partition coefficient (Wildman–Crippen LogP) is 2.28. The molecule has 180 valence electrons. The van der Waals surface area contributed by atoms with Gasteiger partial charge in [-0.25, -0.2) is 0 Å². The first-order chi connectivity index (χ1) is 15.8. The van der Waals surface area contributed by atoms with Crippen LogP contribution in [-0.4, -0.2) is 53.4 Å². The highest BCUT2D eigenvalue weighted by Crippen LogP contribution is 2.38. The highest BCUT2D eigenvalue weighted by atomic mass is 19.3. The smallest absolute Gasteiger partial charge is 0.387 e. The van der Waals surface area contributed by atoms with Gasteiger partial charge >= 0.3 is 6.61 Å². The molecule has 2 aromatic rings. The molecule has 0 heterocycles. The number of ether oxygens (including phenoxy) is 5. The Hall–Kier alpha value is -3.96. The average Bonchev–Trinajstić information content (AvgIpc) is 2.81. The molecule has 0 saturated carbocycles. The van der Waals surface area contributed by atoms with Gasteiger partial charge in [-0.3, -0.25) is 4.79 Å². The number of nitrogens with one attached hydrogen (secondary N) is 1. The lowest BCUT2D eigenvalue weighted by atomic mass is 10.1. The van der Waals surface area contributed by atoms with Crippen LogP contribution in [0.1, 0.15) is 11.1 Å². The highest BCUT2D eigenvalue weighted by molar-refractivity contribution is 5.97. The van der Waals surface area contributed by atoms with E-state index in [1.54, 1.807) is 12.1 Å². The van der Waals surface area contributed by atoms with Gasteiger partial charge in [-0.15, -0.1) is 0 Å². The Morgan fingerprint density at radius 2 is 1.61 bits per heavy atom. The molecule has 0 aliphatic carbocycles. The fraction of sp³-hybridized carbons (Fsp3) is 0.333. The molecule has 0 atom stereocenters. The van der Waals surface area contributed by atoms with E-state index in [2.05, 4.69) is 15.2 Å². The largest absolute Gasteiger partial charge is 0.493 e. The molecule has 3 N–H and O–H groups in total. The first-order valence-electron chi connectivity index (χ1n) is 9.47. The van der Waals surface area contributed by atoms with E-state index in [0.717, 1.165) is 0 Å². The molecule has 0 saturated heterocycles. The lowest BCUT2D eigenvalue weighted by molar-refractivity contribution is -0.125. The van der Waals surface area contributed by atoms with E-state index in [1.807, 2.05) is 0 Å². The van der Waals surface area contributed by atoms with E-state index in [4.69, 9.17) is 29.5 Å². The van der Waals surface area contributed by atoms with Crippen molar-refractivity contribution in [3.05, 3.63) is 41.5 Å². The summed E-state index contributed by atoms with van der Waals surface area (Å²) in [5, 5.41) is 6.33. The monoisotopic (exact) mass is 469 g/mol. The first kappa shape index (κ1) is 25.3.